The number of fused-ring (bicyclic) bond motifs is 1. The Hall–Kier alpha value is -2.39. The smallest absolute Gasteiger partial charge is 0.369 e. The van der Waals surface area contributed by atoms with Crippen LogP contribution in [-0.4, -0.2) is 79.1 Å². The van der Waals surface area contributed by atoms with Crippen LogP contribution in [-0.2, 0) is 11.0 Å². The second kappa shape index (κ2) is 10.1. The molecule has 0 aliphatic carbocycles. The number of piperidine rings is 1. The number of alkyl halides is 3. The summed E-state index contributed by atoms with van der Waals surface area (Å²) in [4.78, 5) is 23.8. The Morgan fingerprint density at radius 3 is 2.71 bits per heavy atom. The normalized spacial score (nSPS) is 24.1. The largest absolute Gasteiger partial charge is 0.418 e. The Morgan fingerprint density at radius 1 is 1.15 bits per heavy atom. The van der Waals surface area contributed by atoms with Gasteiger partial charge >= 0.3 is 6.18 Å². The Bertz CT molecular complexity index is 1010. The van der Waals surface area contributed by atoms with Crippen LogP contribution in [0.5, 0.6) is 0 Å². The van der Waals surface area contributed by atoms with Crippen molar-refractivity contribution in [3.8, 4) is 0 Å². The lowest BCUT2D eigenvalue weighted by Crippen LogP contribution is -2.55. The van der Waals surface area contributed by atoms with E-state index in [1.165, 1.54) is 6.20 Å². The van der Waals surface area contributed by atoms with Crippen molar-refractivity contribution in [2.45, 2.75) is 44.9 Å². The maximum atomic E-state index is 13.5. The number of halogens is 3. The van der Waals surface area contributed by atoms with Crippen molar-refractivity contribution in [2.75, 3.05) is 51.2 Å². The van der Waals surface area contributed by atoms with E-state index >= 15 is 0 Å². The van der Waals surface area contributed by atoms with Gasteiger partial charge in [0.1, 0.15) is 0 Å². The summed E-state index contributed by atoms with van der Waals surface area (Å²) < 4.78 is 40.6. The molecule has 2 aliphatic heterocycles. The topological polar surface area (TPSA) is 51.7 Å². The van der Waals surface area contributed by atoms with Crippen LogP contribution in [0, 0.1) is 5.92 Å². The average molecular weight is 478 g/mol. The summed E-state index contributed by atoms with van der Waals surface area (Å²) >= 11 is 0. The van der Waals surface area contributed by atoms with Crippen molar-refractivity contribution in [1.29, 1.82) is 0 Å². The minimum absolute atomic E-state index is 0.0162. The first kappa shape index (κ1) is 24.7. The Morgan fingerprint density at radius 2 is 1.94 bits per heavy atom. The van der Waals surface area contributed by atoms with E-state index in [2.05, 4.69) is 39.0 Å². The van der Waals surface area contributed by atoms with Gasteiger partial charge in [-0.25, -0.2) is 0 Å². The highest BCUT2D eigenvalue weighted by molar-refractivity contribution is 5.94. The molecule has 3 atom stereocenters. The first-order valence-corrected chi connectivity index (χ1v) is 12.1. The van der Waals surface area contributed by atoms with Gasteiger partial charge in [0.05, 0.1) is 17.1 Å². The zero-order chi connectivity index (χ0) is 24.5. The third kappa shape index (κ3) is 5.46. The van der Waals surface area contributed by atoms with Gasteiger partial charge in [0.2, 0.25) is 5.91 Å². The zero-order valence-electron chi connectivity index (χ0n) is 20.1. The molecule has 0 bridgehead atoms. The fourth-order valence-electron chi connectivity index (χ4n) is 5.26. The van der Waals surface area contributed by atoms with Gasteiger partial charge in [-0.3, -0.25) is 14.7 Å². The molecule has 9 heteroatoms. The standard InChI is InChI=1S/C25H34F3N5O/c1-17-14-19(30-24(34)18(2)32-11-5-10-31(3)12-13-32)16-33(15-17)22-8-7-21(25(26,27)28)23-20(22)6-4-9-29-23/h4,6-9,17-19H,5,10-16H2,1-3H3,(H,30,34)/t17-,18?,19+/m0/s1. The summed E-state index contributed by atoms with van der Waals surface area (Å²) in [6.45, 7) is 9.09. The highest BCUT2D eigenvalue weighted by Crippen LogP contribution is 2.38. The molecule has 3 heterocycles. The molecule has 2 saturated heterocycles. The van der Waals surface area contributed by atoms with Crippen LogP contribution in [0.15, 0.2) is 30.5 Å². The third-order valence-electron chi connectivity index (χ3n) is 7.08. The summed E-state index contributed by atoms with van der Waals surface area (Å²) in [6.07, 6.45) is -1.19. The SMILES string of the molecule is CC(C(=O)N[C@@H]1C[C@H](C)CN(c2ccc(C(F)(F)F)c3ncccc23)C1)N1CCCN(C)CC1. The van der Waals surface area contributed by atoms with E-state index in [0.29, 0.717) is 11.9 Å². The van der Waals surface area contributed by atoms with Crippen molar-refractivity contribution < 1.29 is 18.0 Å². The van der Waals surface area contributed by atoms with Gasteiger partial charge in [0, 0.05) is 56.0 Å². The number of nitrogens with one attached hydrogen (secondary N) is 1. The minimum Gasteiger partial charge on any atom is -0.369 e. The first-order chi connectivity index (χ1) is 16.1. The predicted molar refractivity (Wildman–Crippen MR) is 128 cm³/mol. The number of aromatic nitrogens is 1. The fourth-order valence-corrected chi connectivity index (χ4v) is 5.26. The maximum absolute atomic E-state index is 13.5. The molecule has 1 unspecified atom stereocenters. The Kier molecular flexibility index (Phi) is 7.33. The molecule has 4 rings (SSSR count). The first-order valence-electron chi connectivity index (χ1n) is 12.1. The molecule has 1 aromatic carbocycles. The van der Waals surface area contributed by atoms with Gasteiger partial charge < -0.3 is 15.1 Å². The highest BCUT2D eigenvalue weighted by Gasteiger charge is 2.35. The Balaban J connectivity index is 1.50. The van der Waals surface area contributed by atoms with E-state index in [4.69, 9.17) is 0 Å². The number of pyridine rings is 1. The van der Waals surface area contributed by atoms with Gasteiger partial charge in [-0.2, -0.15) is 13.2 Å². The molecule has 1 aromatic heterocycles. The summed E-state index contributed by atoms with van der Waals surface area (Å²) in [5.41, 5.74) is -0.0322. The number of carbonyl (C=O) groups is 1. The van der Waals surface area contributed by atoms with Gasteiger partial charge in [-0.1, -0.05) is 6.92 Å². The monoisotopic (exact) mass is 477 g/mol. The average Bonchev–Trinajstić information content (AvgIpc) is 3.01. The molecule has 2 aromatic rings. The fraction of sp³-hybridized carbons (Fsp3) is 0.600. The summed E-state index contributed by atoms with van der Waals surface area (Å²) in [6, 6.07) is 5.74. The van der Waals surface area contributed by atoms with Crippen LogP contribution in [0.1, 0.15) is 32.3 Å². The van der Waals surface area contributed by atoms with Crippen LogP contribution in [0.25, 0.3) is 10.9 Å². The van der Waals surface area contributed by atoms with Crippen molar-refractivity contribution in [2.24, 2.45) is 5.92 Å². The van der Waals surface area contributed by atoms with Crippen molar-refractivity contribution >= 4 is 22.5 Å². The second-order valence-electron chi connectivity index (χ2n) is 9.85. The highest BCUT2D eigenvalue weighted by atomic mass is 19.4. The summed E-state index contributed by atoms with van der Waals surface area (Å²) in [7, 11) is 2.10. The van der Waals surface area contributed by atoms with E-state index in [0.717, 1.165) is 57.3 Å². The molecule has 0 radical (unpaired) electrons. The van der Waals surface area contributed by atoms with Crippen LogP contribution in [0.2, 0.25) is 0 Å². The summed E-state index contributed by atoms with van der Waals surface area (Å²) in [5.74, 6) is 0.303. The van der Waals surface area contributed by atoms with E-state index in [9.17, 15) is 18.0 Å². The molecule has 6 nitrogen and oxygen atoms in total. The number of anilines is 1. The van der Waals surface area contributed by atoms with E-state index in [1.807, 2.05) is 6.92 Å². The number of hydrogen-bond acceptors (Lipinski definition) is 5. The van der Waals surface area contributed by atoms with Gasteiger partial charge in [0.15, 0.2) is 0 Å². The van der Waals surface area contributed by atoms with E-state index < -0.39 is 11.7 Å². The number of carbonyl (C=O) groups excluding carboxylic acids is 1. The number of likely N-dealkylation sites (N-methyl/N-ethyl adjacent to an activating group) is 1. The quantitative estimate of drug-likeness (QED) is 0.729. The van der Waals surface area contributed by atoms with Crippen LogP contribution in [0.3, 0.4) is 0 Å². The van der Waals surface area contributed by atoms with Gasteiger partial charge in [0.25, 0.3) is 0 Å². The number of nitrogens with zero attached hydrogens (tertiary/aromatic N) is 4. The number of benzene rings is 1. The van der Waals surface area contributed by atoms with Crippen LogP contribution >= 0.6 is 0 Å². The zero-order valence-corrected chi connectivity index (χ0v) is 20.1. The predicted octanol–water partition coefficient (Wildman–Crippen LogP) is 3.61. The second-order valence-corrected chi connectivity index (χ2v) is 9.85. The molecule has 0 saturated carbocycles. The van der Waals surface area contributed by atoms with E-state index in [-0.39, 0.29) is 29.4 Å². The third-order valence-corrected chi connectivity index (χ3v) is 7.08. The van der Waals surface area contributed by atoms with Crippen molar-refractivity contribution in [3.05, 3.63) is 36.0 Å². The number of amides is 1. The molecule has 34 heavy (non-hydrogen) atoms. The van der Waals surface area contributed by atoms with E-state index in [1.54, 1.807) is 18.2 Å². The lowest BCUT2D eigenvalue weighted by molar-refractivity contribution is -0.136. The minimum atomic E-state index is -4.46. The molecule has 186 valence electrons. The lowest BCUT2D eigenvalue weighted by atomic mass is 9.94. The molecule has 1 amide bonds. The summed E-state index contributed by atoms with van der Waals surface area (Å²) in [5, 5.41) is 3.71. The van der Waals surface area contributed by atoms with Crippen molar-refractivity contribution in [3.63, 3.8) is 0 Å². The van der Waals surface area contributed by atoms with Gasteiger partial charge in [-0.15, -0.1) is 0 Å². The Labute approximate surface area is 199 Å². The molecule has 2 aliphatic rings. The van der Waals surface area contributed by atoms with Crippen molar-refractivity contribution in [1.82, 2.24) is 20.1 Å². The maximum Gasteiger partial charge on any atom is 0.418 e. The van der Waals surface area contributed by atoms with Crippen LogP contribution < -0.4 is 10.2 Å². The number of rotatable bonds is 4. The molecule has 2 fully saturated rings. The molecular weight excluding hydrogens is 443 g/mol. The molecular formula is C25H34F3N5O. The molecule has 0 spiro atoms. The van der Waals surface area contributed by atoms with Gasteiger partial charge in [-0.05, 0) is 63.5 Å². The number of hydrogen-bond donors (Lipinski definition) is 1. The lowest BCUT2D eigenvalue weighted by Gasteiger charge is -2.39. The molecule has 1 N–H and O–H groups in total. The van der Waals surface area contributed by atoms with Crippen LogP contribution in [0.4, 0.5) is 18.9 Å².